The molecule has 0 atom stereocenters. The minimum absolute atomic E-state index is 0.572. The Morgan fingerprint density at radius 3 is 2.80 bits per heavy atom. The molecule has 0 saturated heterocycles. The fraction of sp³-hybridized carbons (Fsp3) is 0.250. The lowest BCUT2D eigenvalue weighted by Crippen LogP contribution is -1.83. The van der Waals surface area contributed by atoms with Crippen LogP contribution in [-0.2, 0) is 4.74 Å². The second-order valence-corrected chi connectivity index (χ2v) is 2.06. The zero-order valence-electron chi connectivity index (χ0n) is 6.18. The van der Waals surface area contributed by atoms with Crippen molar-refractivity contribution in [1.82, 2.24) is 0 Å². The van der Waals surface area contributed by atoms with Gasteiger partial charge in [0.1, 0.15) is 0 Å². The molecular formula is C8H10O2. The zero-order chi connectivity index (χ0) is 7.56. The smallest absolute Gasteiger partial charge is 0.170 e. The molecule has 0 N–H and O–H groups in total. The van der Waals surface area contributed by atoms with E-state index in [-0.39, 0.29) is 0 Å². The van der Waals surface area contributed by atoms with E-state index >= 15 is 0 Å². The Bertz CT molecular complexity index is 235. The van der Waals surface area contributed by atoms with Gasteiger partial charge < -0.3 is 9.15 Å². The van der Waals surface area contributed by atoms with Gasteiger partial charge in [0.15, 0.2) is 11.5 Å². The van der Waals surface area contributed by atoms with Gasteiger partial charge in [0.2, 0.25) is 0 Å². The summed E-state index contributed by atoms with van der Waals surface area (Å²) in [5.74, 6) is 1.30. The fourth-order valence-corrected chi connectivity index (χ4v) is 0.751. The highest BCUT2D eigenvalue weighted by Gasteiger charge is 2.04. The Labute approximate surface area is 60.1 Å². The summed E-state index contributed by atoms with van der Waals surface area (Å²) in [6.07, 6.45) is 1.62. The van der Waals surface area contributed by atoms with Crippen molar-refractivity contribution in [2.75, 3.05) is 7.11 Å². The Morgan fingerprint density at radius 2 is 2.40 bits per heavy atom. The molecule has 0 unspecified atom stereocenters. The summed E-state index contributed by atoms with van der Waals surface area (Å²) in [6.45, 7) is 5.61. The highest BCUT2D eigenvalue weighted by atomic mass is 16.5. The molecule has 1 aromatic heterocycles. The predicted molar refractivity (Wildman–Crippen MR) is 39.5 cm³/mol. The predicted octanol–water partition coefficient (Wildman–Crippen LogP) is 2.21. The van der Waals surface area contributed by atoms with Gasteiger partial charge in [-0.3, -0.25) is 0 Å². The van der Waals surface area contributed by atoms with E-state index in [9.17, 15) is 0 Å². The third kappa shape index (κ3) is 1.05. The minimum atomic E-state index is 0.572. The molecule has 1 aromatic rings. The summed E-state index contributed by atoms with van der Waals surface area (Å²) in [5, 5.41) is 0. The SMILES string of the molecule is C=C(OC)c1occc1C. The molecule has 1 rings (SSSR count). The van der Waals surface area contributed by atoms with Crippen LogP contribution in [0.25, 0.3) is 5.76 Å². The van der Waals surface area contributed by atoms with Crippen molar-refractivity contribution in [3.05, 3.63) is 30.2 Å². The Hall–Kier alpha value is -1.18. The summed E-state index contributed by atoms with van der Waals surface area (Å²) >= 11 is 0. The molecule has 0 aliphatic heterocycles. The maximum Gasteiger partial charge on any atom is 0.170 e. The molecule has 0 saturated carbocycles. The molecule has 0 spiro atoms. The van der Waals surface area contributed by atoms with Crippen LogP contribution in [0.4, 0.5) is 0 Å². The molecule has 0 bridgehead atoms. The Morgan fingerprint density at radius 1 is 1.70 bits per heavy atom. The molecule has 2 nitrogen and oxygen atoms in total. The number of methoxy groups -OCH3 is 1. The van der Waals surface area contributed by atoms with Crippen molar-refractivity contribution >= 4 is 5.76 Å². The van der Waals surface area contributed by atoms with Crippen LogP contribution in [0.2, 0.25) is 0 Å². The van der Waals surface area contributed by atoms with E-state index in [1.807, 2.05) is 13.0 Å². The van der Waals surface area contributed by atoms with Crippen molar-refractivity contribution < 1.29 is 9.15 Å². The van der Waals surface area contributed by atoms with E-state index in [1.165, 1.54) is 0 Å². The molecule has 0 aliphatic rings. The molecule has 10 heavy (non-hydrogen) atoms. The number of ether oxygens (including phenoxy) is 1. The molecule has 0 radical (unpaired) electrons. The lowest BCUT2D eigenvalue weighted by Gasteiger charge is -1.99. The number of rotatable bonds is 2. The van der Waals surface area contributed by atoms with Crippen LogP contribution in [0.15, 0.2) is 23.3 Å². The Balaban J connectivity index is 2.93. The third-order valence-corrected chi connectivity index (χ3v) is 1.36. The van der Waals surface area contributed by atoms with Crippen LogP contribution >= 0.6 is 0 Å². The average molecular weight is 138 g/mol. The highest BCUT2D eigenvalue weighted by Crippen LogP contribution is 2.17. The standard InChI is InChI=1S/C8H10O2/c1-6-4-5-10-8(6)7(2)9-3/h4-5H,2H2,1,3H3. The first-order valence-corrected chi connectivity index (χ1v) is 3.03. The highest BCUT2D eigenvalue weighted by molar-refractivity contribution is 5.54. The van der Waals surface area contributed by atoms with E-state index in [1.54, 1.807) is 13.4 Å². The van der Waals surface area contributed by atoms with Crippen molar-refractivity contribution in [2.45, 2.75) is 6.92 Å². The minimum Gasteiger partial charge on any atom is -0.493 e. The number of aryl methyl sites for hydroxylation is 1. The van der Waals surface area contributed by atoms with Gasteiger partial charge in [0.25, 0.3) is 0 Å². The number of hydrogen-bond acceptors (Lipinski definition) is 2. The number of furan rings is 1. The maximum absolute atomic E-state index is 5.09. The second kappa shape index (κ2) is 2.60. The van der Waals surface area contributed by atoms with Crippen LogP contribution < -0.4 is 0 Å². The van der Waals surface area contributed by atoms with E-state index in [2.05, 4.69) is 6.58 Å². The largest absolute Gasteiger partial charge is 0.493 e. The first-order valence-electron chi connectivity index (χ1n) is 3.03. The number of hydrogen-bond donors (Lipinski definition) is 0. The van der Waals surface area contributed by atoms with Crippen LogP contribution in [0, 0.1) is 6.92 Å². The topological polar surface area (TPSA) is 22.4 Å². The second-order valence-electron chi connectivity index (χ2n) is 2.06. The van der Waals surface area contributed by atoms with Gasteiger partial charge in [-0.15, -0.1) is 0 Å². The summed E-state index contributed by atoms with van der Waals surface area (Å²) in [6, 6.07) is 1.87. The van der Waals surface area contributed by atoms with Crippen molar-refractivity contribution in [3.8, 4) is 0 Å². The van der Waals surface area contributed by atoms with Gasteiger partial charge in [-0.25, -0.2) is 0 Å². The van der Waals surface area contributed by atoms with E-state index in [0.717, 1.165) is 11.3 Å². The first kappa shape index (κ1) is 6.93. The first-order chi connectivity index (χ1) is 4.75. The van der Waals surface area contributed by atoms with Gasteiger partial charge in [-0.2, -0.15) is 0 Å². The molecule has 0 aromatic carbocycles. The van der Waals surface area contributed by atoms with Crippen LogP contribution in [0.3, 0.4) is 0 Å². The van der Waals surface area contributed by atoms with Gasteiger partial charge >= 0.3 is 0 Å². The summed E-state index contributed by atoms with van der Waals surface area (Å²) in [5.41, 5.74) is 1.05. The van der Waals surface area contributed by atoms with Gasteiger partial charge in [0.05, 0.1) is 13.4 Å². The molecule has 1 heterocycles. The quantitative estimate of drug-likeness (QED) is 0.584. The third-order valence-electron chi connectivity index (χ3n) is 1.36. The summed E-state index contributed by atoms with van der Waals surface area (Å²) < 4.78 is 9.98. The average Bonchev–Trinajstić information content (AvgIpc) is 2.34. The summed E-state index contributed by atoms with van der Waals surface area (Å²) in [4.78, 5) is 0. The normalized spacial score (nSPS) is 9.40. The van der Waals surface area contributed by atoms with E-state index < -0.39 is 0 Å². The van der Waals surface area contributed by atoms with Crippen LogP contribution in [0.1, 0.15) is 11.3 Å². The molecular weight excluding hydrogens is 128 g/mol. The molecule has 54 valence electrons. The van der Waals surface area contributed by atoms with Crippen LogP contribution in [0.5, 0.6) is 0 Å². The lowest BCUT2D eigenvalue weighted by atomic mass is 10.2. The van der Waals surface area contributed by atoms with Crippen molar-refractivity contribution in [1.29, 1.82) is 0 Å². The lowest BCUT2D eigenvalue weighted by molar-refractivity contribution is 0.353. The molecule has 0 amide bonds. The van der Waals surface area contributed by atoms with Gasteiger partial charge in [0, 0.05) is 0 Å². The van der Waals surface area contributed by atoms with Crippen LogP contribution in [-0.4, -0.2) is 7.11 Å². The van der Waals surface area contributed by atoms with E-state index in [0.29, 0.717) is 5.76 Å². The Kier molecular flexibility index (Phi) is 1.81. The molecule has 2 heteroatoms. The van der Waals surface area contributed by atoms with Gasteiger partial charge in [-0.05, 0) is 18.6 Å². The van der Waals surface area contributed by atoms with Crippen molar-refractivity contribution in [2.24, 2.45) is 0 Å². The fourth-order valence-electron chi connectivity index (χ4n) is 0.751. The van der Waals surface area contributed by atoms with Gasteiger partial charge in [-0.1, -0.05) is 6.58 Å². The molecule has 0 fully saturated rings. The maximum atomic E-state index is 5.09. The van der Waals surface area contributed by atoms with E-state index in [4.69, 9.17) is 9.15 Å². The van der Waals surface area contributed by atoms with Crippen molar-refractivity contribution in [3.63, 3.8) is 0 Å². The zero-order valence-corrected chi connectivity index (χ0v) is 6.18. The summed E-state index contributed by atoms with van der Waals surface area (Å²) in [7, 11) is 1.57. The molecule has 0 aliphatic carbocycles. The monoisotopic (exact) mass is 138 g/mol.